The van der Waals surface area contributed by atoms with Crippen molar-refractivity contribution in [3.8, 4) is 0 Å². The quantitative estimate of drug-likeness (QED) is 0.271. The highest BCUT2D eigenvalue weighted by atomic mass is 35.5. The first-order valence-corrected chi connectivity index (χ1v) is 10.1. The number of benzene rings is 1. The fourth-order valence-electron chi connectivity index (χ4n) is 3.89. The van der Waals surface area contributed by atoms with Crippen LogP contribution in [0.5, 0.6) is 0 Å². The van der Waals surface area contributed by atoms with Gasteiger partial charge in [-0.2, -0.15) is 0 Å². The number of carbonyl (C=O) groups excluding carboxylic acids is 2. The van der Waals surface area contributed by atoms with E-state index in [0.717, 1.165) is 22.4 Å². The summed E-state index contributed by atoms with van der Waals surface area (Å²) in [5, 5.41) is 12.7. The summed E-state index contributed by atoms with van der Waals surface area (Å²) in [4.78, 5) is 38.9. The third-order valence-corrected chi connectivity index (χ3v) is 5.76. The van der Waals surface area contributed by atoms with Gasteiger partial charge < -0.3 is 20.9 Å². The number of nitrogens with zero attached hydrogens (tertiary/aromatic N) is 3. The summed E-state index contributed by atoms with van der Waals surface area (Å²) in [7, 11) is 0. The molecule has 32 heavy (non-hydrogen) atoms. The first-order valence-electron chi connectivity index (χ1n) is 10.1. The first-order chi connectivity index (χ1) is 15.0. The monoisotopic (exact) mass is 459 g/mol. The molecule has 1 fully saturated rings. The molecule has 10 nitrogen and oxygen atoms in total. The minimum Gasteiger partial charge on any atom is -0.356 e. The van der Waals surface area contributed by atoms with Crippen molar-refractivity contribution in [1.82, 2.24) is 25.7 Å². The maximum atomic E-state index is 13.0. The molecule has 1 atom stereocenters. The van der Waals surface area contributed by atoms with Gasteiger partial charge in [-0.15, -0.1) is 12.4 Å². The molecule has 0 saturated carbocycles. The summed E-state index contributed by atoms with van der Waals surface area (Å²) < 4.78 is 0. The van der Waals surface area contributed by atoms with E-state index in [1.165, 1.54) is 6.33 Å². The van der Waals surface area contributed by atoms with Gasteiger partial charge in [-0.25, -0.2) is 15.4 Å². The van der Waals surface area contributed by atoms with Crippen molar-refractivity contribution in [2.24, 2.45) is 5.73 Å². The predicted molar refractivity (Wildman–Crippen MR) is 122 cm³/mol. The normalized spacial score (nSPS) is 16.1. The van der Waals surface area contributed by atoms with E-state index in [9.17, 15) is 9.59 Å². The van der Waals surface area contributed by atoms with Gasteiger partial charge in [0.2, 0.25) is 5.91 Å². The predicted octanol–water partition coefficient (Wildman–Crippen LogP) is 0.910. The molecule has 2 aromatic heterocycles. The fourth-order valence-corrected chi connectivity index (χ4v) is 3.89. The van der Waals surface area contributed by atoms with Gasteiger partial charge in [-0.3, -0.25) is 14.8 Å². The topological polar surface area (TPSA) is 149 Å². The zero-order chi connectivity index (χ0) is 21.8. The number of rotatable bonds is 6. The number of amides is 2. The average Bonchev–Trinajstić information content (AvgIpc) is 3.28. The van der Waals surface area contributed by atoms with Crippen molar-refractivity contribution in [3.63, 3.8) is 0 Å². The van der Waals surface area contributed by atoms with Crippen LogP contribution >= 0.6 is 12.4 Å². The van der Waals surface area contributed by atoms with E-state index >= 15 is 0 Å². The molecule has 3 aromatic rings. The molecule has 1 aromatic carbocycles. The summed E-state index contributed by atoms with van der Waals surface area (Å²) >= 11 is 0. The lowest BCUT2D eigenvalue weighted by atomic mass is 9.87. The highest BCUT2D eigenvalue weighted by Crippen LogP contribution is 2.28. The Kier molecular flexibility index (Phi) is 7.29. The Balaban J connectivity index is 0.00000289. The lowest BCUT2D eigenvalue weighted by molar-refractivity contribution is -0.136. The lowest BCUT2D eigenvalue weighted by Crippen LogP contribution is -2.62. The van der Waals surface area contributed by atoms with E-state index in [0.29, 0.717) is 25.9 Å². The molecule has 0 spiro atoms. The van der Waals surface area contributed by atoms with Crippen molar-refractivity contribution in [3.05, 3.63) is 54.5 Å². The van der Waals surface area contributed by atoms with Gasteiger partial charge in [0.05, 0.1) is 10.9 Å². The number of anilines is 1. The van der Waals surface area contributed by atoms with E-state index in [-0.39, 0.29) is 18.8 Å². The molecule has 1 saturated heterocycles. The van der Waals surface area contributed by atoms with Gasteiger partial charge in [-0.1, -0.05) is 30.3 Å². The maximum Gasteiger partial charge on any atom is 0.266 e. The molecule has 0 unspecified atom stereocenters. The van der Waals surface area contributed by atoms with E-state index in [2.05, 4.69) is 25.2 Å². The van der Waals surface area contributed by atoms with Crippen molar-refractivity contribution in [2.75, 3.05) is 18.0 Å². The third kappa shape index (κ3) is 4.82. The number of carbonyl (C=O) groups is 2. The molecule has 170 valence electrons. The molecular formula is C21H26ClN7O3. The Labute approximate surface area is 191 Å². The van der Waals surface area contributed by atoms with Crippen LogP contribution in [0.1, 0.15) is 18.4 Å². The molecule has 0 radical (unpaired) electrons. The fraction of sp³-hybridized carbons (Fsp3) is 0.333. The summed E-state index contributed by atoms with van der Waals surface area (Å²) in [6.07, 6.45) is 4.36. The van der Waals surface area contributed by atoms with Crippen molar-refractivity contribution in [2.45, 2.75) is 30.8 Å². The van der Waals surface area contributed by atoms with Crippen LogP contribution in [0, 0.1) is 0 Å². The van der Waals surface area contributed by atoms with Crippen LogP contribution in [0.4, 0.5) is 5.82 Å². The Morgan fingerprint density at radius 2 is 1.91 bits per heavy atom. The number of hydroxylamine groups is 1. The molecule has 1 aliphatic rings. The van der Waals surface area contributed by atoms with Gasteiger partial charge in [-0.05, 0) is 24.5 Å². The Morgan fingerprint density at radius 1 is 1.19 bits per heavy atom. The van der Waals surface area contributed by atoms with Crippen LogP contribution in [-0.4, -0.2) is 56.6 Å². The summed E-state index contributed by atoms with van der Waals surface area (Å²) in [6.45, 7) is 1.08. The number of nitrogens with one attached hydrogen (secondary N) is 3. The van der Waals surface area contributed by atoms with E-state index in [1.54, 1.807) is 5.48 Å². The van der Waals surface area contributed by atoms with Crippen LogP contribution in [0.2, 0.25) is 0 Å². The average molecular weight is 460 g/mol. The van der Waals surface area contributed by atoms with Gasteiger partial charge in [0, 0.05) is 25.7 Å². The molecule has 4 rings (SSSR count). The molecule has 3 heterocycles. The second-order valence-electron chi connectivity index (χ2n) is 7.77. The summed E-state index contributed by atoms with van der Waals surface area (Å²) in [6, 6.07) is 10.3. The van der Waals surface area contributed by atoms with E-state index in [4.69, 9.17) is 10.9 Å². The summed E-state index contributed by atoms with van der Waals surface area (Å²) in [5.41, 5.74) is 8.57. The van der Waals surface area contributed by atoms with Crippen LogP contribution < -0.4 is 21.4 Å². The minimum absolute atomic E-state index is 0. The van der Waals surface area contributed by atoms with E-state index in [1.807, 2.05) is 42.6 Å². The second-order valence-corrected chi connectivity index (χ2v) is 7.77. The number of aromatic nitrogens is 3. The second kappa shape index (κ2) is 9.94. The highest BCUT2D eigenvalue weighted by Gasteiger charge is 2.40. The van der Waals surface area contributed by atoms with Crippen molar-refractivity contribution >= 4 is 41.1 Å². The Bertz CT molecular complexity index is 1070. The smallest absolute Gasteiger partial charge is 0.266 e. The Morgan fingerprint density at radius 3 is 2.59 bits per heavy atom. The third-order valence-electron chi connectivity index (χ3n) is 5.76. The van der Waals surface area contributed by atoms with Crippen molar-refractivity contribution in [1.29, 1.82) is 0 Å². The van der Waals surface area contributed by atoms with Crippen LogP contribution in [-0.2, 0) is 16.0 Å². The van der Waals surface area contributed by atoms with Crippen LogP contribution in [0.15, 0.2) is 48.9 Å². The number of halogens is 1. The molecule has 6 N–H and O–H groups in total. The molecule has 11 heteroatoms. The number of fused-ring (bicyclic) bond motifs is 1. The lowest BCUT2D eigenvalue weighted by Gasteiger charge is -2.39. The number of hydrogen-bond donors (Lipinski definition) is 5. The minimum atomic E-state index is -1.12. The zero-order valence-electron chi connectivity index (χ0n) is 17.3. The standard InChI is InChI=1S/C21H25N7O3.ClH/c22-21(20(30)26-16(19(29)27-31)12-14-4-2-1-3-5-14)7-10-28(11-8-21)18-15-6-9-23-17(15)24-13-25-18;/h1-6,9,13,16,31H,7-8,10-12,22H2,(H,26,30)(H,27,29)(H,23,24,25);1H/t16-;/m0./s1. The van der Waals surface area contributed by atoms with Crippen LogP contribution in [0.3, 0.4) is 0 Å². The first kappa shape index (κ1) is 23.5. The molecule has 2 amide bonds. The maximum absolute atomic E-state index is 13.0. The SMILES string of the molecule is Cl.NC1(C(=O)N[C@@H](Cc2ccccc2)C(=O)NO)CCN(c2ncnc3[nH]ccc23)CC1. The molecule has 0 aliphatic carbocycles. The number of nitrogens with two attached hydrogens (primary N) is 1. The highest BCUT2D eigenvalue weighted by molar-refractivity contribution is 5.92. The van der Waals surface area contributed by atoms with Crippen molar-refractivity contribution < 1.29 is 14.8 Å². The van der Waals surface area contributed by atoms with Gasteiger partial charge in [0.15, 0.2) is 0 Å². The zero-order valence-corrected chi connectivity index (χ0v) is 18.1. The summed E-state index contributed by atoms with van der Waals surface area (Å²) in [5.74, 6) is -0.296. The largest absolute Gasteiger partial charge is 0.356 e. The number of H-pyrrole nitrogens is 1. The van der Waals surface area contributed by atoms with Crippen LogP contribution in [0.25, 0.3) is 11.0 Å². The van der Waals surface area contributed by atoms with Gasteiger partial charge >= 0.3 is 0 Å². The van der Waals surface area contributed by atoms with Gasteiger partial charge in [0.25, 0.3) is 5.91 Å². The molecule has 0 bridgehead atoms. The molecule has 1 aliphatic heterocycles. The van der Waals surface area contributed by atoms with E-state index < -0.39 is 23.4 Å². The number of hydrogen-bond acceptors (Lipinski definition) is 7. The molecular weight excluding hydrogens is 434 g/mol. The number of piperidine rings is 1. The Hall–Kier alpha value is -3.21. The number of aromatic amines is 1. The van der Waals surface area contributed by atoms with Gasteiger partial charge in [0.1, 0.15) is 23.8 Å².